The molecule has 2 N–H and O–H groups in total. The number of hydrogen-bond donors (Lipinski definition) is 2. The molecule has 1 saturated carbocycles. The van der Waals surface area contributed by atoms with Crippen molar-refractivity contribution >= 4 is 11.8 Å². The molecule has 1 aliphatic rings. The second-order valence-corrected chi connectivity index (χ2v) is 5.77. The minimum Gasteiger partial charge on any atom is -0.383 e. The molecule has 1 aromatic carbocycles. The van der Waals surface area contributed by atoms with Crippen LogP contribution in [0.2, 0.25) is 0 Å². The molecule has 0 aliphatic heterocycles. The summed E-state index contributed by atoms with van der Waals surface area (Å²) in [7, 11) is 0. The van der Waals surface area contributed by atoms with Gasteiger partial charge >= 0.3 is 0 Å². The monoisotopic (exact) mass is 300 g/mol. The van der Waals surface area contributed by atoms with Gasteiger partial charge in [0.25, 0.3) is 5.91 Å². The zero-order valence-corrected chi connectivity index (χ0v) is 12.4. The average Bonchev–Trinajstić information content (AvgIpc) is 3.04. The Bertz CT molecular complexity index is 618. The van der Waals surface area contributed by atoms with Crippen LogP contribution < -0.4 is 5.32 Å². The predicted molar refractivity (Wildman–Crippen MR) is 83.2 cm³/mol. The van der Waals surface area contributed by atoms with Crippen LogP contribution in [-0.2, 0) is 4.79 Å². The van der Waals surface area contributed by atoms with Crippen molar-refractivity contribution in [3.63, 3.8) is 0 Å². The van der Waals surface area contributed by atoms with E-state index in [1.54, 1.807) is 6.20 Å². The van der Waals surface area contributed by atoms with Gasteiger partial charge in [-0.25, -0.2) is 0 Å². The standard InChI is InChI=1S/C17H20N2O3/c20-15(13-9-5-2-6-10-13)16(21)19-17-14(11-18-22-17)12-7-3-1-4-8-12/h1,3-4,7-8,11,13,15,20H,2,5-6,9-10H2,(H,19,21). The second-order valence-electron chi connectivity index (χ2n) is 5.77. The molecule has 1 amide bonds. The zero-order chi connectivity index (χ0) is 15.4. The Morgan fingerprint density at radius 2 is 1.95 bits per heavy atom. The van der Waals surface area contributed by atoms with Crippen LogP contribution in [0.25, 0.3) is 11.1 Å². The van der Waals surface area contributed by atoms with Gasteiger partial charge in [0.15, 0.2) is 0 Å². The second kappa shape index (κ2) is 6.75. The van der Waals surface area contributed by atoms with E-state index < -0.39 is 12.0 Å². The lowest BCUT2D eigenvalue weighted by molar-refractivity contribution is -0.127. The summed E-state index contributed by atoms with van der Waals surface area (Å²) in [6.07, 6.45) is 5.71. The summed E-state index contributed by atoms with van der Waals surface area (Å²) in [5.74, 6) is -0.0938. The first-order valence-electron chi connectivity index (χ1n) is 7.75. The van der Waals surface area contributed by atoms with Crippen molar-refractivity contribution in [3.05, 3.63) is 36.5 Å². The number of nitrogens with zero attached hydrogens (tertiary/aromatic N) is 1. The molecular weight excluding hydrogens is 280 g/mol. The van der Waals surface area contributed by atoms with Crippen molar-refractivity contribution in [1.29, 1.82) is 0 Å². The molecule has 0 radical (unpaired) electrons. The van der Waals surface area contributed by atoms with Crippen molar-refractivity contribution in [3.8, 4) is 11.1 Å². The van der Waals surface area contributed by atoms with E-state index in [0.717, 1.165) is 31.2 Å². The Kier molecular flexibility index (Phi) is 4.53. The number of aromatic nitrogens is 1. The topological polar surface area (TPSA) is 75.4 Å². The Morgan fingerprint density at radius 3 is 2.68 bits per heavy atom. The largest absolute Gasteiger partial charge is 0.383 e. The van der Waals surface area contributed by atoms with Crippen molar-refractivity contribution in [1.82, 2.24) is 5.16 Å². The highest BCUT2D eigenvalue weighted by Gasteiger charge is 2.28. The van der Waals surface area contributed by atoms with Gasteiger partial charge in [0.1, 0.15) is 6.10 Å². The third-order valence-corrected chi connectivity index (χ3v) is 4.26. The number of rotatable bonds is 4. The molecule has 22 heavy (non-hydrogen) atoms. The van der Waals surface area contributed by atoms with Crippen molar-refractivity contribution in [2.75, 3.05) is 5.32 Å². The van der Waals surface area contributed by atoms with Crippen molar-refractivity contribution < 1.29 is 14.4 Å². The molecule has 1 heterocycles. The third kappa shape index (κ3) is 3.20. The average molecular weight is 300 g/mol. The SMILES string of the molecule is O=C(Nc1oncc1-c1ccccc1)C(O)C1CCCCC1. The first-order chi connectivity index (χ1) is 10.8. The van der Waals surface area contributed by atoms with Gasteiger partial charge in [-0.15, -0.1) is 0 Å². The molecule has 0 bridgehead atoms. The van der Waals surface area contributed by atoms with Gasteiger partial charge in [-0.3, -0.25) is 10.1 Å². The fraction of sp³-hybridized carbons (Fsp3) is 0.412. The molecule has 1 aliphatic carbocycles. The number of nitrogens with one attached hydrogen (secondary N) is 1. The van der Waals surface area contributed by atoms with E-state index in [1.807, 2.05) is 30.3 Å². The van der Waals surface area contributed by atoms with E-state index >= 15 is 0 Å². The minimum absolute atomic E-state index is 0.0387. The molecule has 5 nitrogen and oxygen atoms in total. The summed E-state index contributed by atoms with van der Waals surface area (Å²) in [6.45, 7) is 0. The molecule has 1 unspecified atom stereocenters. The highest BCUT2D eigenvalue weighted by atomic mass is 16.5. The first kappa shape index (κ1) is 14.8. The van der Waals surface area contributed by atoms with Crippen LogP contribution in [0.3, 0.4) is 0 Å². The molecule has 1 atom stereocenters. The Labute approximate surface area is 129 Å². The molecule has 3 rings (SSSR count). The lowest BCUT2D eigenvalue weighted by atomic mass is 9.85. The number of carbonyl (C=O) groups excluding carboxylic acids is 1. The van der Waals surface area contributed by atoms with E-state index in [0.29, 0.717) is 5.56 Å². The van der Waals surface area contributed by atoms with Gasteiger partial charge in [-0.1, -0.05) is 54.8 Å². The number of aliphatic hydroxyl groups is 1. The van der Waals surface area contributed by atoms with Gasteiger partial charge < -0.3 is 9.63 Å². The van der Waals surface area contributed by atoms with E-state index in [1.165, 1.54) is 6.42 Å². The molecule has 2 aromatic rings. The van der Waals surface area contributed by atoms with Crippen LogP contribution in [0, 0.1) is 5.92 Å². The van der Waals surface area contributed by atoms with Crippen molar-refractivity contribution in [2.24, 2.45) is 5.92 Å². The van der Waals surface area contributed by atoms with E-state index in [4.69, 9.17) is 4.52 Å². The maximum absolute atomic E-state index is 12.2. The van der Waals surface area contributed by atoms with Gasteiger partial charge in [0.2, 0.25) is 5.88 Å². The van der Waals surface area contributed by atoms with Gasteiger partial charge in [0, 0.05) is 0 Å². The minimum atomic E-state index is -0.992. The molecule has 1 aromatic heterocycles. The summed E-state index contributed by atoms with van der Waals surface area (Å²) in [5.41, 5.74) is 1.62. The molecule has 0 spiro atoms. The predicted octanol–water partition coefficient (Wildman–Crippen LogP) is 3.22. The lowest BCUT2D eigenvalue weighted by Gasteiger charge is -2.25. The number of carbonyl (C=O) groups is 1. The zero-order valence-electron chi connectivity index (χ0n) is 12.4. The number of amides is 1. The Hall–Kier alpha value is -2.14. The van der Waals surface area contributed by atoms with Crippen LogP contribution in [-0.4, -0.2) is 22.3 Å². The Balaban J connectivity index is 1.71. The number of benzene rings is 1. The van der Waals surface area contributed by atoms with Gasteiger partial charge in [0.05, 0.1) is 11.8 Å². The molecule has 116 valence electrons. The lowest BCUT2D eigenvalue weighted by Crippen LogP contribution is -2.35. The summed E-state index contributed by atoms with van der Waals surface area (Å²) in [5, 5.41) is 16.6. The van der Waals surface area contributed by atoms with Crippen LogP contribution in [0.5, 0.6) is 0 Å². The summed E-state index contributed by atoms with van der Waals surface area (Å²) in [6, 6.07) is 9.57. The molecule has 0 saturated heterocycles. The highest BCUT2D eigenvalue weighted by molar-refractivity contribution is 5.96. The van der Waals surface area contributed by atoms with Crippen LogP contribution >= 0.6 is 0 Å². The first-order valence-corrected chi connectivity index (χ1v) is 7.75. The summed E-state index contributed by atoms with van der Waals surface area (Å²) in [4.78, 5) is 12.2. The Morgan fingerprint density at radius 1 is 1.23 bits per heavy atom. The maximum Gasteiger partial charge on any atom is 0.255 e. The molecule has 5 heteroatoms. The smallest absolute Gasteiger partial charge is 0.255 e. The molecule has 1 fully saturated rings. The summed E-state index contributed by atoms with van der Waals surface area (Å²) >= 11 is 0. The van der Waals surface area contributed by atoms with E-state index in [2.05, 4.69) is 10.5 Å². The number of hydrogen-bond acceptors (Lipinski definition) is 4. The maximum atomic E-state index is 12.2. The van der Waals surface area contributed by atoms with Crippen LogP contribution in [0.4, 0.5) is 5.88 Å². The van der Waals surface area contributed by atoms with Crippen molar-refractivity contribution in [2.45, 2.75) is 38.2 Å². The van der Waals surface area contributed by atoms with E-state index in [9.17, 15) is 9.90 Å². The fourth-order valence-corrected chi connectivity index (χ4v) is 3.00. The van der Waals surface area contributed by atoms with Gasteiger partial charge in [-0.2, -0.15) is 0 Å². The normalized spacial score (nSPS) is 17.1. The number of aliphatic hydroxyl groups excluding tert-OH is 1. The molecular formula is C17H20N2O3. The highest BCUT2D eigenvalue weighted by Crippen LogP contribution is 2.30. The fourth-order valence-electron chi connectivity index (χ4n) is 3.00. The number of anilines is 1. The van der Waals surface area contributed by atoms with E-state index in [-0.39, 0.29) is 11.8 Å². The summed E-state index contributed by atoms with van der Waals surface area (Å²) < 4.78 is 5.13. The van der Waals surface area contributed by atoms with Crippen LogP contribution in [0.1, 0.15) is 32.1 Å². The quantitative estimate of drug-likeness (QED) is 0.909. The van der Waals surface area contributed by atoms with Gasteiger partial charge in [-0.05, 0) is 24.3 Å². The third-order valence-electron chi connectivity index (χ3n) is 4.26. The van der Waals surface area contributed by atoms with Crippen LogP contribution in [0.15, 0.2) is 41.1 Å².